The van der Waals surface area contributed by atoms with Crippen LogP contribution >= 0.6 is 0 Å². The van der Waals surface area contributed by atoms with E-state index in [0.717, 1.165) is 30.4 Å². The van der Waals surface area contributed by atoms with Crippen molar-refractivity contribution in [2.24, 2.45) is 0 Å². The highest BCUT2D eigenvalue weighted by Crippen LogP contribution is 2.32. The quantitative estimate of drug-likeness (QED) is 0.110. The molecule has 0 spiro atoms. The van der Waals surface area contributed by atoms with E-state index >= 15 is 8.78 Å². The minimum atomic E-state index is -0.918. The SMILES string of the molecule is C=CCCCOc1ccc(/C=C/c2ccc(-c3ccc(-c4ccc(C(O)CCC)cc4)c(F)c3F)cc2)cc1F. The number of benzene rings is 4. The average molecular weight is 543 g/mol. The third-order valence-corrected chi connectivity index (χ3v) is 6.71. The summed E-state index contributed by atoms with van der Waals surface area (Å²) in [6.07, 6.45) is 7.92. The molecule has 0 heterocycles. The van der Waals surface area contributed by atoms with Crippen LogP contribution in [0.3, 0.4) is 0 Å². The second kappa shape index (κ2) is 13.8. The molecule has 0 saturated carbocycles. The summed E-state index contributed by atoms with van der Waals surface area (Å²) in [7, 11) is 0. The highest BCUT2D eigenvalue weighted by molar-refractivity contribution is 5.74. The predicted octanol–water partition coefficient (Wildman–Crippen LogP) is 9.79. The first-order valence-electron chi connectivity index (χ1n) is 13.5. The number of allylic oxidation sites excluding steroid dienone is 1. The van der Waals surface area contributed by atoms with E-state index in [2.05, 4.69) is 6.58 Å². The van der Waals surface area contributed by atoms with E-state index in [4.69, 9.17) is 4.74 Å². The molecule has 206 valence electrons. The summed E-state index contributed by atoms with van der Waals surface area (Å²) in [4.78, 5) is 0. The van der Waals surface area contributed by atoms with Gasteiger partial charge >= 0.3 is 0 Å². The lowest BCUT2D eigenvalue weighted by Crippen LogP contribution is -1.98. The van der Waals surface area contributed by atoms with Crippen LogP contribution in [0.1, 0.15) is 55.4 Å². The van der Waals surface area contributed by atoms with Gasteiger partial charge in [-0.15, -0.1) is 6.58 Å². The molecular weight excluding hydrogens is 509 g/mol. The van der Waals surface area contributed by atoms with Crippen LogP contribution in [0.15, 0.2) is 91.5 Å². The highest BCUT2D eigenvalue weighted by atomic mass is 19.2. The minimum Gasteiger partial charge on any atom is -0.491 e. The Morgan fingerprint density at radius 1 is 0.800 bits per heavy atom. The van der Waals surface area contributed by atoms with Crippen LogP contribution < -0.4 is 4.74 Å². The normalized spacial score (nSPS) is 12.0. The molecular formula is C35H33F3O2. The third kappa shape index (κ3) is 7.10. The number of hydrogen-bond donors (Lipinski definition) is 1. The Hall–Kier alpha value is -4.09. The van der Waals surface area contributed by atoms with E-state index in [1.807, 2.05) is 13.0 Å². The molecule has 2 nitrogen and oxygen atoms in total. The van der Waals surface area contributed by atoms with Crippen LogP contribution in [-0.2, 0) is 0 Å². The summed E-state index contributed by atoms with van der Waals surface area (Å²) < 4.78 is 50.0. The number of ether oxygens (including phenoxy) is 1. The monoisotopic (exact) mass is 542 g/mol. The van der Waals surface area contributed by atoms with E-state index in [1.165, 1.54) is 6.07 Å². The Morgan fingerprint density at radius 2 is 1.38 bits per heavy atom. The maximum absolute atomic E-state index is 15.1. The molecule has 5 heteroatoms. The molecule has 0 amide bonds. The maximum Gasteiger partial charge on any atom is 0.167 e. The Balaban J connectivity index is 1.45. The minimum absolute atomic E-state index is 0.164. The van der Waals surface area contributed by atoms with Gasteiger partial charge in [-0.3, -0.25) is 0 Å². The Morgan fingerprint density at radius 3 is 1.95 bits per heavy atom. The molecule has 0 bridgehead atoms. The summed E-state index contributed by atoms with van der Waals surface area (Å²) in [5.74, 6) is -2.05. The van der Waals surface area contributed by atoms with Gasteiger partial charge in [0.05, 0.1) is 12.7 Å². The molecule has 0 aliphatic rings. The second-order valence-corrected chi connectivity index (χ2v) is 9.64. The smallest absolute Gasteiger partial charge is 0.167 e. The van der Waals surface area contributed by atoms with Crippen LogP contribution in [0.25, 0.3) is 34.4 Å². The molecule has 4 aromatic rings. The lowest BCUT2D eigenvalue weighted by atomic mass is 9.96. The summed E-state index contributed by atoms with van der Waals surface area (Å²) in [6, 6.07) is 21.9. The zero-order valence-corrected chi connectivity index (χ0v) is 22.5. The highest BCUT2D eigenvalue weighted by Gasteiger charge is 2.16. The summed E-state index contributed by atoms with van der Waals surface area (Å²) in [5, 5.41) is 10.2. The fourth-order valence-electron chi connectivity index (χ4n) is 4.43. The molecule has 4 aromatic carbocycles. The van der Waals surface area contributed by atoms with E-state index in [1.54, 1.807) is 84.9 Å². The van der Waals surface area contributed by atoms with Gasteiger partial charge < -0.3 is 9.84 Å². The summed E-state index contributed by atoms with van der Waals surface area (Å²) >= 11 is 0. The molecule has 4 rings (SSSR count). The van der Waals surface area contributed by atoms with Crippen LogP contribution in [0.5, 0.6) is 5.75 Å². The molecule has 0 radical (unpaired) electrons. The van der Waals surface area contributed by atoms with Crippen molar-refractivity contribution in [2.45, 2.75) is 38.7 Å². The van der Waals surface area contributed by atoms with Crippen molar-refractivity contribution in [1.29, 1.82) is 0 Å². The lowest BCUT2D eigenvalue weighted by Gasteiger charge is -2.12. The fraction of sp³-hybridized carbons (Fsp3) is 0.200. The Bertz CT molecular complexity index is 1460. The number of aliphatic hydroxyl groups excluding tert-OH is 1. The van der Waals surface area contributed by atoms with Gasteiger partial charge in [-0.05, 0) is 59.2 Å². The third-order valence-electron chi connectivity index (χ3n) is 6.71. The Labute approximate surface area is 234 Å². The molecule has 1 unspecified atom stereocenters. The van der Waals surface area contributed by atoms with E-state index < -0.39 is 23.6 Å². The number of unbranched alkanes of at least 4 members (excludes halogenated alkanes) is 1. The van der Waals surface area contributed by atoms with Crippen LogP contribution in [-0.4, -0.2) is 11.7 Å². The van der Waals surface area contributed by atoms with Gasteiger partial charge in [0.1, 0.15) is 0 Å². The largest absolute Gasteiger partial charge is 0.491 e. The van der Waals surface area contributed by atoms with Gasteiger partial charge in [0.2, 0.25) is 0 Å². The molecule has 0 aliphatic carbocycles. The Kier molecular flexibility index (Phi) is 9.98. The number of rotatable bonds is 12. The van der Waals surface area contributed by atoms with E-state index in [0.29, 0.717) is 29.7 Å². The first-order valence-corrected chi connectivity index (χ1v) is 13.5. The van der Waals surface area contributed by atoms with Crippen molar-refractivity contribution in [3.63, 3.8) is 0 Å². The van der Waals surface area contributed by atoms with E-state index in [-0.39, 0.29) is 16.9 Å². The number of halogens is 3. The van der Waals surface area contributed by atoms with Crippen LogP contribution in [0.4, 0.5) is 13.2 Å². The zero-order chi connectivity index (χ0) is 28.5. The van der Waals surface area contributed by atoms with Crippen molar-refractivity contribution < 1.29 is 23.0 Å². The van der Waals surface area contributed by atoms with Crippen LogP contribution in [0, 0.1) is 17.5 Å². The van der Waals surface area contributed by atoms with Crippen molar-refractivity contribution in [2.75, 3.05) is 6.61 Å². The maximum atomic E-state index is 15.1. The first kappa shape index (κ1) is 28.9. The topological polar surface area (TPSA) is 29.5 Å². The van der Waals surface area contributed by atoms with Crippen molar-refractivity contribution >= 4 is 12.2 Å². The van der Waals surface area contributed by atoms with Gasteiger partial charge in [0, 0.05) is 11.1 Å². The molecule has 40 heavy (non-hydrogen) atoms. The average Bonchev–Trinajstić information content (AvgIpc) is 2.97. The number of hydrogen-bond acceptors (Lipinski definition) is 2. The lowest BCUT2D eigenvalue weighted by molar-refractivity contribution is 0.166. The van der Waals surface area contributed by atoms with Crippen molar-refractivity contribution in [1.82, 2.24) is 0 Å². The van der Waals surface area contributed by atoms with E-state index in [9.17, 15) is 9.50 Å². The zero-order valence-electron chi connectivity index (χ0n) is 22.5. The summed E-state index contributed by atoms with van der Waals surface area (Å²) in [6.45, 7) is 6.08. The van der Waals surface area contributed by atoms with Crippen LogP contribution in [0.2, 0.25) is 0 Å². The summed E-state index contributed by atoms with van der Waals surface area (Å²) in [5.41, 5.74) is 3.67. The van der Waals surface area contributed by atoms with Gasteiger partial charge in [0.15, 0.2) is 23.2 Å². The van der Waals surface area contributed by atoms with Gasteiger partial charge in [-0.25, -0.2) is 13.2 Å². The molecule has 0 aliphatic heterocycles. The standard InChI is InChI=1S/C35H33F3O2/c1-3-5-6-22-40-33-21-12-25(23-31(33)36)9-8-24-10-13-26(14-11-24)29-19-20-30(35(38)34(29)37)27-15-17-28(18-16-27)32(39)7-4-2/h3,8-21,23,32,39H,1,4-7,22H2,2H3/b9-8+. The van der Waals surface area contributed by atoms with Gasteiger partial charge in [-0.2, -0.15) is 0 Å². The van der Waals surface area contributed by atoms with Gasteiger partial charge in [0.25, 0.3) is 0 Å². The number of aliphatic hydroxyl groups is 1. The van der Waals surface area contributed by atoms with Crippen molar-refractivity contribution in [3.05, 3.63) is 126 Å². The molecule has 1 N–H and O–H groups in total. The second-order valence-electron chi connectivity index (χ2n) is 9.64. The predicted molar refractivity (Wildman–Crippen MR) is 157 cm³/mol. The van der Waals surface area contributed by atoms with Gasteiger partial charge in [-0.1, -0.05) is 98.3 Å². The van der Waals surface area contributed by atoms with Crippen molar-refractivity contribution in [3.8, 4) is 28.0 Å². The first-order chi connectivity index (χ1) is 19.4. The molecule has 1 atom stereocenters. The molecule has 0 aromatic heterocycles. The molecule has 0 saturated heterocycles. The fourth-order valence-corrected chi connectivity index (χ4v) is 4.43. The molecule has 0 fully saturated rings.